The molecule has 2 aromatic rings. The van der Waals surface area contributed by atoms with Gasteiger partial charge in [0, 0.05) is 11.3 Å². The molecule has 0 unspecified atom stereocenters. The van der Waals surface area contributed by atoms with Crippen LogP contribution in [-0.2, 0) is 11.3 Å². The molecule has 1 aliphatic rings. The molecule has 1 fully saturated rings. The molecule has 27 heavy (non-hydrogen) atoms. The van der Waals surface area contributed by atoms with Gasteiger partial charge < -0.3 is 24.6 Å². The van der Waals surface area contributed by atoms with Crippen LogP contribution in [0.4, 0.5) is 5.69 Å². The van der Waals surface area contributed by atoms with E-state index in [9.17, 15) is 4.79 Å². The van der Waals surface area contributed by atoms with Crippen molar-refractivity contribution < 1.29 is 24.1 Å². The van der Waals surface area contributed by atoms with Crippen LogP contribution in [0.2, 0.25) is 0 Å². The molecule has 1 amide bonds. The Kier molecular flexibility index (Phi) is 6.68. The molecule has 0 saturated carbocycles. The molecule has 0 bridgehead atoms. The van der Waals surface area contributed by atoms with Crippen LogP contribution in [0, 0.1) is 0 Å². The summed E-state index contributed by atoms with van der Waals surface area (Å²) in [4.78, 5) is 15.2. The van der Waals surface area contributed by atoms with Gasteiger partial charge in [-0.3, -0.25) is 4.79 Å². The Bertz CT molecular complexity index is 723. The molecule has 1 aliphatic heterocycles. The van der Waals surface area contributed by atoms with E-state index in [0.717, 1.165) is 49.9 Å². The van der Waals surface area contributed by atoms with E-state index in [1.807, 2.05) is 36.4 Å². The Labute approximate surface area is 160 Å². The number of rotatable bonds is 7. The van der Waals surface area contributed by atoms with Crippen molar-refractivity contribution in [3.8, 4) is 11.5 Å². The molecular weight excluding hydrogens is 342 g/mol. The number of carbonyl (C=O) groups is 1. The molecule has 0 spiro atoms. The van der Waals surface area contributed by atoms with Crippen LogP contribution in [0.15, 0.2) is 48.5 Å². The zero-order valence-corrected chi connectivity index (χ0v) is 16.1. The summed E-state index contributed by atoms with van der Waals surface area (Å²) in [6.45, 7) is 5.73. The van der Waals surface area contributed by atoms with Crippen LogP contribution in [0.3, 0.4) is 0 Å². The average Bonchev–Trinajstić information content (AvgIpc) is 2.70. The normalized spacial score (nSPS) is 19.3. The van der Waals surface area contributed by atoms with Gasteiger partial charge >= 0.3 is 0 Å². The third kappa shape index (κ3) is 5.70. The number of methoxy groups -OCH3 is 2. The second-order valence-corrected chi connectivity index (χ2v) is 6.98. The van der Waals surface area contributed by atoms with Gasteiger partial charge in [-0.25, -0.2) is 0 Å². The van der Waals surface area contributed by atoms with E-state index < -0.39 is 0 Å². The summed E-state index contributed by atoms with van der Waals surface area (Å²) in [5.74, 6) is 1.74. The number of carbonyl (C=O) groups excluding carboxylic acids is 1. The van der Waals surface area contributed by atoms with Crippen LogP contribution in [-0.4, -0.2) is 52.9 Å². The predicted molar refractivity (Wildman–Crippen MR) is 105 cm³/mol. The Hall–Kier alpha value is -2.57. The lowest BCUT2D eigenvalue weighted by atomic mass is 10.2. The van der Waals surface area contributed by atoms with Crippen molar-refractivity contribution in [3.63, 3.8) is 0 Å². The lowest BCUT2D eigenvalue weighted by molar-refractivity contribution is -1.02. The van der Waals surface area contributed by atoms with Crippen molar-refractivity contribution in [1.82, 2.24) is 0 Å². The van der Waals surface area contributed by atoms with E-state index >= 15 is 0 Å². The second kappa shape index (κ2) is 9.39. The standard InChI is InChI=1S/C21H27N3O3/c1-26-19-7-3-17(4-8-19)15-23-11-13-24(14-12-23)16-21(25)22-18-5-9-20(27-2)10-6-18/h3-10H,11-16H2,1-2H3,(H,22,25)/p+2. The minimum atomic E-state index is 0.0637. The van der Waals surface area contributed by atoms with Crippen molar-refractivity contribution in [2.45, 2.75) is 6.54 Å². The van der Waals surface area contributed by atoms with Gasteiger partial charge in [0.05, 0.1) is 14.2 Å². The molecule has 0 aliphatic carbocycles. The highest BCUT2D eigenvalue weighted by molar-refractivity contribution is 5.91. The fraction of sp³-hybridized carbons (Fsp3) is 0.381. The highest BCUT2D eigenvalue weighted by Gasteiger charge is 2.24. The minimum Gasteiger partial charge on any atom is -0.497 e. The van der Waals surface area contributed by atoms with Crippen LogP contribution in [0.5, 0.6) is 11.5 Å². The van der Waals surface area contributed by atoms with E-state index in [1.54, 1.807) is 19.1 Å². The molecule has 1 saturated heterocycles. The van der Waals surface area contributed by atoms with Crippen molar-refractivity contribution in [2.24, 2.45) is 0 Å². The first-order valence-corrected chi connectivity index (χ1v) is 9.40. The van der Waals surface area contributed by atoms with E-state index in [4.69, 9.17) is 9.47 Å². The summed E-state index contributed by atoms with van der Waals surface area (Å²) in [6.07, 6.45) is 0. The third-order valence-electron chi connectivity index (χ3n) is 5.06. The Morgan fingerprint density at radius 3 is 1.93 bits per heavy atom. The van der Waals surface area contributed by atoms with Crippen LogP contribution >= 0.6 is 0 Å². The largest absolute Gasteiger partial charge is 0.497 e. The average molecular weight is 371 g/mol. The highest BCUT2D eigenvalue weighted by Crippen LogP contribution is 2.14. The van der Waals surface area contributed by atoms with Crippen LogP contribution < -0.4 is 24.6 Å². The van der Waals surface area contributed by atoms with Gasteiger partial charge in [-0.2, -0.15) is 0 Å². The monoisotopic (exact) mass is 371 g/mol. The first-order chi connectivity index (χ1) is 13.2. The Morgan fingerprint density at radius 2 is 1.37 bits per heavy atom. The van der Waals surface area contributed by atoms with E-state index in [-0.39, 0.29) is 5.91 Å². The van der Waals surface area contributed by atoms with Gasteiger partial charge in [0.25, 0.3) is 5.91 Å². The molecule has 6 heteroatoms. The summed E-state index contributed by atoms with van der Waals surface area (Å²) >= 11 is 0. The van der Waals surface area contributed by atoms with E-state index in [1.165, 1.54) is 10.5 Å². The number of hydrogen-bond acceptors (Lipinski definition) is 3. The molecule has 0 aromatic heterocycles. The van der Waals surface area contributed by atoms with Gasteiger partial charge in [-0.05, 0) is 48.5 Å². The minimum absolute atomic E-state index is 0.0637. The van der Waals surface area contributed by atoms with Gasteiger partial charge in [0.2, 0.25) is 0 Å². The summed E-state index contributed by atoms with van der Waals surface area (Å²) in [6, 6.07) is 15.7. The summed E-state index contributed by atoms with van der Waals surface area (Å²) in [5.41, 5.74) is 2.13. The first-order valence-electron chi connectivity index (χ1n) is 9.40. The summed E-state index contributed by atoms with van der Waals surface area (Å²) < 4.78 is 10.3. The summed E-state index contributed by atoms with van der Waals surface area (Å²) in [7, 11) is 3.32. The summed E-state index contributed by atoms with van der Waals surface area (Å²) in [5, 5.41) is 2.97. The molecule has 144 valence electrons. The van der Waals surface area contributed by atoms with Gasteiger partial charge in [-0.1, -0.05) is 0 Å². The van der Waals surface area contributed by atoms with Crippen molar-refractivity contribution >= 4 is 11.6 Å². The van der Waals surface area contributed by atoms with Gasteiger partial charge in [0.15, 0.2) is 6.54 Å². The number of amides is 1. The maximum atomic E-state index is 12.3. The van der Waals surface area contributed by atoms with Crippen molar-refractivity contribution in [3.05, 3.63) is 54.1 Å². The lowest BCUT2D eigenvalue weighted by Gasteiger charge is -2.29. The molecule has 6 nitrogen and oxygen atoms in total. The fourth-order valence-corrected chi connectivity index (χ4v) is 3.45. The second-order valence-electron chi connectivity index (χ2n) is 6.98. The van der Waals surface area contributed by atoms with Gasteiger partial charge in [-0.15, -0.1) is 0 Å². The molecular formula is C21H29N3O3+2. The highest BCUT2D eigenvalue weighted by atomic mass is 16.5. The molecule has 2 aromatic carbocycles. The molecule has 0 atom stereocenters. The number of ether oxygens (including phenoxy) is 2. The number of benzene rings is 2. The van der Waals surface area contributed by atoms with Crippen molar-refractivity contribution in [1.29, 1.82) is 0 Å². The smallest absolute Gasteiger partial charge is 0.279 e. The lowest BCUT2D eigenvalue weighted by Crippen LogP contribution is -3.28. The van der Waals surface area contributed by atoms with E-state index in [0.29, 0.717) is 6.54 Å². The number of quaternary nitrogens is 2. The topological polar surface area (TPSA) is 56.4 Å². The molecule has 1 heterocycles. The van der Waals surface area contributed by atoms with Crippen LogP contribution in [0.25, 0.3) is 0 Å². The molecule has 0 radical (unpaired) electrons. The van der Waals surface area contributed by atoms with Crippen molar-refractivity contribution in [2.75, 3.05) is 52.3 Å². The molecule has 3 N–H and O–H groups in total. The molecule has 3 rings (SSSR count). The number of anilines is 1. The first kappa shape index (κ1) is 19.2. The number of hydrogen-bond donors (Lipinski definition) is 3. The zero-order valence-electron chi connectivity index (χ0n) is 16.1. The fourth-order valence-electron chi connectivity index (χ4n) is 3.45. The number of piperazine rings is 1. The maximum Gasteiger partial charge on any atom is 0.279 e. The Balaban J connectivity index is 1.41. The maximum absolute atomic E-state index is 12.3. The number of nitrogens with one attached hydrogen (secondary N) is 3. The van der Waals surface area contributed by atoms with Gasteiger partial charge in [0.1, 0.15) is 44.2 Å². The van der Waals surface area contributed by atoms with E-state index in [2.05, 4.69) is 17.4 Å². The van der Waals surface area contributed by atoms with Crippen LogP contribution in [0.1, 0.15) is 5.56 Å². The Morgan fingerprint density at radius 1 is 0.852 bits per heavy atom. The predicted octanol–water partition coefficient (Wildman–Crippen LogP) is -0.374. The SMILES string of the molecule is COc1ccc(C[NH+]2CC[NH+](CC(=O)Nc3ccc(OC)cc3)CC2)cc1. The quantitative estimate of drug-likeness (QED) is 0.622. The third-order valence-corrected chi connectivity index (χ3v) is 5.06. The zero-order chi connectivity index (χ0) is 19.1.